The first-order valence-corrected chi connectivity index (χ1v) is 5.65. The average molecular weight is 229 g/mol. The van der Waals surface area contributed by atoms with Crippen LogP contribution in [-0.2, 0) is 0 Å². The van der Waals surface area contributed by atoms with E-state index in [4.69, 9.17) is 5.26 Å². The summed E-state index contributed by atoms with van der Waals surface area (Å²) in [4.78, 5) is 0. The summed E-state index contributed by atoms with van der Waals surface area (Å²) < 4.78 is 37.3. The molecule has 0 radical (unpaired) electrons. The molecule has 1 unspecified atom stereocenters. The molecule has 0 bridgehead atoms. The van der Waals surface area contributed by atoms with Gasteiger partial charge < -0.3 is 0 Å². The predicted molar refractivity (Wildman–Crippen MR) is 53.4 cm³/mol. The number of rotatable bonds is 1. The van der Waals surface area contributed by atoms with E-state index >= 15 is 0 Å². The third-order valence-corrected chi connectivity index (χ3v) is 3.91. The van der Waals surface area contributed by atoms with Gasteiger partial charge >= 0.3 is 6.18 Å². The van der Waals surface area contributed by atoms with Crippen molar-refractivity contribution in [2.75, 3.05) is 0 Å². The van der Waals surface area contributed by atoms with E-state index < -0.39 is 17.5 Å². The van der Waals surface area contributed by atoms with Gasteiger partial charge in [-0.25, -0.2) is 0 Å². The number of hydrogen-bond donors (Lipinski definition) is 0. The molecule has 4 heteroatoms. The minimum absolute atomic E-state index is 0.0578. The van der Waals surface area contributed by atoms with Gasteiger partial charge in [-0.05, 0) is 38.5 Å². The number of halogens is 3. The van der Waals surface area contributed by atoms with Crippen molar-refractivity contribution < 1.29 is 13.2 Å². The monoisotopic (exact) mass is 229 g/mol. The molecule has 1 saturated carbocycles. The number of alkyl halides is 3. The summed E-state index contributed by atoms with van der Waals surface area (Å²) in [5.74, 6) is -1.20. The highest BCUT2D eigenvalue weighted by Crippen LogP contribution is 2.51. The summed E-state index contributed by atoms with van der Waals surface area (Å²) in [5.41, 5.74) is 0.554. The normalized spacial score (nSPS) is 28.9. The van der Waals surface area contributed by atoms with Crippen molar-refractivity contribution in [2.24, 2.45) is 11.3 Å². The van der Waals surface area contributed by atoms with E-state index in [2.05, 4.69) is 6.07 Å². The van der Waals surface area contributed by atoms with Crippen LogP contribution in [-0.4, -0.2) is 6.18 Å². The molecule has 1 nitrogen and oxygen atoms in total. The fraction of sp³-hybridized carbons (Fsp3) is 0.750. The summed E-state index contributed by atoms with van der Waals surface area (Å²) in [6.07, 6.45) is 0.913. The number of nitrogens with zero attached hydrogens (tertiary/aromatic N) is 1. The van der Waals surface area contributed by atoms with Gasteiger partial charge in [0.1, 0.15) is 0 Å². The standard InChI is InChI=1S/C12H14F3N/c13-12(14,15)10-4-2-9(3-5-10)11(8-16)6-1-7-11/h2,10H,1,3-7H2. The Labute approximate surface area is 92.9 Å². The van der Waals surface area contributed by atoms with Crippen molar-refractivity contribution in [2.45, 2.75) is 44.7 Å². The van der Waals surface area contributed by atoms with Gasteiger partial charge in [0.05, 0.1) is 17.4 Å². The van der Waals surface area contributed by atoms with E-state index in [0.29, 0.717) is 6.42 Å². The Morgan fingerprint density at radius 1 is 1.38 bits per heavy atom. The predicted octanol–water partition coefficient (Wildman–Crippen LogP) is 3.97. The summed E-state index contributed by atoms with van der Waals surface area (Å²) >= 11 is 0. The first-order valence-electron chi connectivity index (χ1n) is 5.65. The molecule has 0 aromatic carbocycles. The van der Waals surface area contributed by atoms with E-state index in [1.807, 2.05) is 0 Å². The molecular formula is C12H14F3N. The number of nitriles is 1. The van der Waals surface area contributed by atoms with Crippen molar-refractivity contribution in [3.63, 3.8) is 0 Å². The second kappa shape index (κ2) is 3.80. The molecule has 0 spiro atoms. The van der Waals surface area contributed by atoms with Crippen LogP contribution in [0.4, 0.5) is 13.2 Å². The summed E-state index contributed by atoms with van der Waals surface area (Å²) in [7, 11) is 0. The van der Waals surface area contributed by atoms with Crippen molar-refractivity contribution in [1.82, 2.24) is 0 Å². The van der Waals surface area contributed by atoms with Gasteiger partial charge in [0, 0.05) is 0 Å². The topological polar surface area (TPSA) is 23.8 Å². The van der Waals surface area contributed by atoms with Crippen LogP contribution >= 0.6 is 0 Å². The van der Waals surface area contributed by atoms with Gasteiger partial charge in [-0.3, -0.25) is 0 Å². The number of hydrogen-bond acceptors (Lipinski definition) is 1. The summed E-state index contributed by atoms with van der Waals surface area (Å²) in [5, 5.41) is 9.10. The van der Waals surface area contributed by atoms with E-state index in [-0.39, 0.29) is 12.8 Å². The van der Waals surface area contributed by atoms with Crippen LogP contribution in [0, 0.1) is 22.7 Å². The highest BCUT2D eigenvalue weighted by Gasteiger charge is 2.45. The van der Waals surface area contributed by atoms with Crippen molar-refractivity contribution >= 4 is 0 Å². The molecule has 0 aliphatic heterocycles. The Hall–Kier alpha value is -0.980. The van der Waals surface area contributed by atoms with Gasteiger partial charge in [0.2, 0.25) is 0 Å². The molecule has 1 fully saturated rings. The molecule has 0 amide bonds. The summed E-state index contributed by atoms with van der Waals surface area (Å²) in [6, 6.07) is 2.29. The lowest BCUT2D eigenvalue weighted by Gasteiger charge is -2.40. The lowest BCUT2D eigenvalue weighted by Crippen LogP contribution is -2.33. The molecule has 0 aromatic heterocycles. The third-order valence-electron chi connectivity index (χ3n) is 3.91. The average Bonchev–Trinajstić information content (AvgIpc) is 2.16. The van der Waals surface area contributed by atoms with Crippen LogP contribution in [0.3, 0.4) is 0 Å². The Morgan fingerprint density at radius 2 is 2.06 bits per heavy atom. The van der Waals surface area contributed by atoms with Gasteiger partial charge in [-0.2, -0.15) is 18.4 Å². The van der Waals surface area contributed by atoms with Gasteiger partial charge in [-0.15, -0.1) is 0 Å². The van der Waals surface area contributed by atoms with Gasteiger partial charge in [0.25, 0.3) is 0 Å². The Bertz CT molecular complexity index is 344. The lowest BCUT2D eigenvalue weighted by molar-refractivity contribution is -0.176. The Balaban J connectivity index is 2.07. The van der Waals surface area contributed by atoms with Crippen LogP contribution in [0.25, 0.3) is 0 Å². The van der Waals surface area contributed by atoms with Crippen LogP contribution in [0.2, 0.25) is 0 Å². The van der Waals surface area contributed by atoms with Crippen LogP contribution in [0.1, 0.15) is 38.5 Å². The maximum Gasteiger partial charge on any atom is 0.392 e. The zero-order valence-electron chi connectivity index (χ0n) is 8.98. The van der Waals surface area contributed by atoms with E-state index in [1.54, 1.807) is 6.08 Å². The lowest BCUT2D eigenvalue weighted by atomic mass is 9.62. The van der Waals surface area contributed by atoms with Gasteiger partial charge in [-0.1, -0.05) is 11.6 Å². The molecule has 1 atom stereocenters. The van der Waals surface area contributed by atoms with E-state index in [0.717, 1.165) is 24.8 Å². The molecular weight excluding hydrogens is 215 g/mol. The highest BCUT2D eigenvalue weighted by molar-refractivity contribution is 5.28. The van der Waals surface area contributed by atoms with Crippen LogP contribution in [0.5, 0.6) is 0 Å². The molecule has 0 heterocycles. The van der Waals surface area contributed by atoms with Crippen LogP contribution < -0.4 is 0 Å². The fourth-order valence-corrected chi connectivity index (χ4v) is 2.60. The highest BCUT2D eigenvalue weighted by atomic mass is 19.4. The Kier molecular flexibility index (Phi) is 2.73. The maximum absolute atomic E-state index is 12.4. The molecule has 0 saturated heterocycles. The van der Waals surface area contributed by atoms with E-state index in [1.165, 1.54) is 0 Å². The second-order valence-electron chi connectivity index (χ2n) is 4.79. The molecule has 16 heavy (non-hydrogen) atoms. The van der Waals surface area contributed by atoms with Gasteiger partial charge in [0.15, 0.2) is 0 Å². The first-order chi connectivity index (χ1) is 7.48. The molecule has 2 rings (SSSR count). The largest absolute Gasteiger partial charge is 0.392 e. The first kappa shape index (κ1) is 11.5. The summed E-state index contributed by atoms with van der Waals surface area (Å²) in [6.45, 7) is 0. The quantitative estimate of drug-likeness (QED) is 0.624. The fourth-order valence-electron chi connectivity index (χ4n) is 2.60. The number of allylic oxidation sites excluding steroid dienone is 2. The maximum atomic E-state index is 12.4. The minimum atomic E-state index is -4.08. The molecule has 0 N–H and O–H groups in total. The molecule has 2 aliphatic rings. The zero-order chi connectivity index (χ0) is 11.8. The third kappa shape index (κ3) is 1.83. The molecule has 0 aromatic rings. The van der Waals surface area contributed by atoms with Crippen molar-refractivity contribution in [3.05, 3.63) is 11.6 Å². The Morgan fingerprint density at radius 3 is 2.38 bits per heavy atom. The van der Waals surface area contributed by atoms with Crippen LogP contribution in [0.15, 0.2) is 11.6 Å². The SMILES string of the molecule is N#CC1(C2=CCC(C(F)(F)F)CC2)CCC1. The minimum Gasteiger partial charge on any atom is -0.197 e. The zero-order valence-corrected chi connectivity index (χ0v) is 8.98. The van der Waals surface area contributed by atoms with Crippen molar-refractivity contribution in [1.29, 1.82) is 5.26 Å². The smallest absolute Gasteiger partial charge is 0.197 e. The van der Waals surface area contributed by atoms with Crippen molar-refractivity contribution in [3.8, 4) is 6.07 Å². The second-order valence-corrected chi connectivity index (χ2v) is 4.79. The van der Waals surface area contributed by atoms with E-state index in [9.17, 15) is 13.2 Å². The molecule has 2 aliphatic carbocycles. The molecule has 88 valence electrons.